The Balaban J connectivity index is 1.87. The average molecular weight is 433 g/mol. The number of amidine groups is 1. The number of Topliss-reactive ketones (excluding diaryl/α,β-unsaturated/α-hetero) is 1. The quantitative estimate of drug-likeness (QED) is 0.522. The molecule has 31 heavy (non-hydrogen) atoms. The normalized spacial score (nSPS) is 15.8. The average Bonchev–Trinajstić information content (AvgIpc) is 3.16. The highest BCUT2D eigenvalue weighted by atomic mass is 35.5. The third-order valence-electron chi connectivity index (χ3n) is 5.33. The molecule has 1 aliphatic heterocycles. The van der Waals surface area contributed by atoms with Gasteiger partial charge in [-0.25, -0.2) is 5.01 Å². The molecule has 5 nitrogen and oxygen atoms in total. The number of benzene rings is 3. The summed E-state index contributed by atoms with van der Waals surface area (Å²) in [4.78, 5) is 16.7. The van der Waals surface area contributed by atoms with E-state index in [4.69, 9.17) is 16.7 Å². The first-order valence-corrected chi connectivity index (χ1v) is 10.5. The van der Waals surface area contributed by atoms with Crippen LogP contribution in [0.1, 0.15) is 24.2 Å². The van der Waals surface area contributed by atoms with Crippen LogP contribution in [0.2, 0.25) is 5.02 Å². The zero-order chi connectivity index (χ0) is 22.1. The van der Waals surface area contributed by atoms with E-state index in [0.717, 1.165) is 28.2 Å². The monoisotopic (exact) mass is 432 g/mol. The lowest BCUT2D eigenvalue weighted by molar-refractivity contribution is -0.111. The summed E-state index contributed by atoms with van der Waals surface area (Å²) in [5, 5.41) is 7.30. The summed E-state index contributed by atoms with van der Waals surface area (Å²) in [6.07, 6.45) is -0.306. The minimum atomic E-state index is -0.306. The highest BCUT2D eigenvalue weighted by molar-refractivity contribution is 6.44. The van der Waals surface area contributed by atoms with Gasteiger partial charge in [0.1, 0.15) is 0 Å². The Labute approximate surface area is 188 Å². The minimum absolute atomic E-state index is 0.0908. The molecule has 0 spiro atoms. The zero-order valence-corrected chi connectivity index (χ0v) is 18.8. The van der Waals surface area contributed by atoms with Crippen LogP contribution < -0.4 is 14.8 Å². The third-order valence-corrected chi connectivity index (χ3v) is 5.58. The molecule has 0 saturated heterocycles. The van der Waals surface area contributed by atoms with E-state index < -0.39 is 0 Å². The molecule has 3 aromatic carbocycles. The Kier molecular flexibility index (Phi) is 5.70. The number of halogens is 1. The molecule has 0 aliphatic carbocycles. The van der Waals surface area contributed by atoms with E-state index in [1.54, 1.807) is 6.92 Å². The maximum atomic E-state index is 12.6. The molecule has 3 aromatic rings. The molecule has 0 amide bonds. The number of carbonyl (C=O) groups excluding carboxylic acids is 1. The van der Waals surface area contributed by atoms with Crippen molar-refractivity contribution in [2.24, 2.45) is 5.10 Å². The molecule has 1 atom stereocenters. The van der Waals surface area contributed by atoms with Crippen molar-refractivity contribution >= 4 is 40.3 Å². The molecule has 4 rings (SSSR count). The second kappa shape index (κ2) is 8.44. The van der Waals surface area contributed by atoms with Crippen LogP contribution in [0.15, 0.2) is 77.9 Å². The van der Waals surface area contributed by atoms with Crippen LogP contribution in [0.25, 0.3) is 0 Å². The Bertz CT molecular complexity index is 1110. The van der Waals surface area contributed by atoms with Gasteiger partial charge in [0.25, 0.3) is 0 Å². The van der Waals surface area contributed by atoms with Crippen molar-refractivity contribution in [3.8, 4) is 0 Å². The van der Waals surface area contributed by atoms with Crippen LogP contribution >= 0.6 is 11.6 Å². The fourth-order valence-corrected chi connectivity index (χ4v) is 3.79. The van der Waals surface area contributed by atoms with Crippen LogP contribution in [0.3, 0.4) is 0 Å². The summed E-state index contributed by atoms with van der Waals surface area (Å²) in [5.74, 6) is 0.312. The molecule has 0 saturated carbocycles. The van der Waals surface area contributed by atoms with E-state index in [2.05, 4.69) is 29.2 Å². The largest absolute Gasteiger partial charge is 0.378 e. The van der Waals surface area contributed by atoms with Gasteiger partial charge in [-0.15, -0.1) is 5.10 Å². The maximum absolute atomic E-state index is 12.6. The number of hydrogen-bond donors (Lipinski definition) is 0. The number of carbonyl (C=O) groups is 1. The van der Waals surface area contributed by atoms with Crippen molar-refractivity contribution in [2.45, 2.75) is 20.0 Å². The summed E-state index contributed by atoms with van der Waals surface area (Å²) in [6, 6.07) is 24.0. The van der Waals surface area contributed by atoms with Crippen molar-refractivity contribution < 1.29 is 4.79 Å². The molecule has 0 fully saturated rings. The van der Waals surface area contributed by atoms with Gasteiger partial charge in [0.05, 0.1) is 5.69 Å². The van der Waals surface area contributed by atoms with E-state index in [0.29, 0.717) is 10.9 Å². The smallest absolute Gasteiger partial charge is 0.198 e. The molecule has 0 aromatic heterocycles. The Morgan fingerprint density at radius 2 is 1.48 bits per heavy atom. The molecule has 0 radical (unpaired) electrons. The molecule has 1 heterocycles. The topological polar surface area (TPSA) is 39.2 Å². The molecule has 0 bridgehead atoms. The van der Waals surface area contributed by atoms with Gasteiger partial charge in [0.15, 0.2) is 17.8 Å². The number of anilines is 3. The fraction of sp³-hybridized carbons (Fsp3) is 0.200. The van der Waals surface area contributed by atoms with Crippen LogP contribution in [-0.4, -0.2) is 25.7 Å². The number of ketones is 1. The Morgan fingerprint density at radius 1 is 0.903 bits per heavy atom. The van der Waals surface area contributed by atoms with Crippen LogP contribution in [0, 0.1) is 6.92 Å². The highest BCUT2D eigenvalue weighted by Gasteiger charge is 2.39. The van der Waals surface area contributed by atoms with Gasteiger partial charge in [0.2, 0.25) is 0 Å². The lowest BCUT2D eigenvalue weighted by Crippen LogP contribution is -2.37. The summed E-state index contributed by atoms with van der Waals surface area (Å²) < 4.78 is 0. The molecular formula is C25H25ClN4O. The predicted octanol–water partition coefficient (Wildman–Crippen LogP) is 5.64. The standard InChI is InChI=1S/C25H25ClN4O/c1-17-5-11-22(12-6-17)29-24(18(2)31)27-30(23-15-9-20(26)10-16-23)25(29)19-7-13-21(14-8-19)28(3)4/h5-16,25H,1-4H3. The number of hydrogen-bond acceptors (Lipinski definition) is 5. The lowest BCUT2D eigenvalue weighted by Gasteiger charge is -2.32. The molecule has 1 aliphatic rings. The third kappa shape index (κ3) is 4.14. The van der Waals surface area contributed by atoms with Crippen molar-refractivity contribution in [3.05, 3.63) is 88.9 Å². The van der Waals surface area contributed by atoms with E-state index in [1.165, 1.54) is 0 Å². The van der Waals surface area contributed by atoms with Gasteiger partial charge in [-0.2, -0.15) is 0 Å². The van der Waals surface area contributed by atoms with E-state index in [-0.39, 0.29) is 11.9 Å². The zero-order valence-electron chi connectivity index (χ0n) is 18.1. The van der Waals surface area contributed by atoms with Crippen molar-refractivity contribution in [3.63, 3.8) is 0 Å². The van der Waals surface area contributed by atoms with Crippen molar-refractivity contribution in [2.75, 3.05) is 28.9 Å². The fourth-order valence-electron chi connectivity index (χ4n) is 3.67. The summed E-state index contributed by atoms with van der Waals surface area (Å²) in [7, 11) is 4.03. The predicted molar refractivity (Wildman–Crippen MR) is 129 cm³/mol. The van der Waals surface area contributed by atoms with Gasteiger partial charge in [0, 0.05) is 37.4 Å². The summed E-state index contributed by atoms with van der Waals surface area (Å²) in [5.41, 5.74) is 5.07. The van der Waals surface area contributed by atoms with Crippen molar-refractivity contribution in [1.29, 1.82) is 0 Å². The second-order valence-electron chi connectivity index (χ2n) is 7.87. The van der Waals surface area contributed by atoms with Gasteiger partial charge < -0.3 is 4.90 Å². The number of aryl methyl sites for hydroxylation is 1. The van der Waals surface area contributed by atoms with E-state index >= 15 is 0 Å². The Hall–Kier alpha value is -3.31. The summed E-state index contributed by atoms with van der Waals surface area (Å²) in [6.45, 7) is 3.60. The molecule has 158 valence electrons. The first-order chi connectivity index (χ1) is 14.8. The van der Waals surface area contributed by atoms with Crippen molar-refractivity contribution in [1.82, 2.24) is 0 Å². The Morgan fingerprint density at radius 3 is 2.03 bits per heavy atom. The molecular weight excluding hydrogens is 408 g/mol. The van der Waals surface area contributed by atoms with Crippen LogP contribution in [-0.2, 0) is 4.79 Å². The molecule has 0 N–H and O–H groups in total. The first kappa shape index (κ1) is 20.9. The van der Waals surface area contributed by atoms with Crippen LogP contribution in [0.5, 0.6) is 0 Å². The van der Waals surface area contributed by atoms with Gasteiger partial charge >= 0.3 is 0 Å². The molecule has 6 heteroatoms. The second-order valence-corrected chi connectivity index (χ2v) is 8.30. The maximum Gasteiger partial charge on any atom is 0.198 e. The van der Waals surface area contributed by atoms with Gasteiger partial charge in [-0.05, 0) is 61.0 Å². The molecule has 1 unspecified atom stereocenters. The van der Waals surface area contributed by atoms with Gasteiger partial charge in [-0.3, -0.25) is 9.69 Å². The SMILES string of the molecule is CC(=O)C1=NN(c2ccc(Cl)cc2)C(c2ccc(N(C)C)cc2)N1c1ccc(C)cc1. The minimum Gasteiger partial charge on any atom is -0.378 e. The first-order valence-electron chi connectivity index (χ1n) is 10.1. The number of hydrazone groups is 1. The lowest BCUT2D eigenvalue weighted by atomic mass is 10.1. The summed E-state index contributed by atoms with van der Waals surface area (Å²) >= 11 is 6.11. The number of rotatable bonds is 5. The number of nitrogens with zero attached hydrogens (tertiary/aromatic N) is 4. The van der Waals surface area contributed by atoms with E-state index in [1.807, 2.05) is 79.5 Å². The van der Waals surface area contributed by atoms with E-state index in [9.17, 15) is 4.79 Å². The van der Waals surface area contributed by atoms with Crippen LogP contribution in [0.4, 0.5) is 17.1 Å². The highest BCUT2D eigenvalue weighted by Crippen LogP contribution is 2.39. The van der Waals surface area contributed by atoms with Gasteiger partial charge in [-0.1, -0.05) is 41.4 Å².